The van der Waals surface area contributed by atoms with Crippen LogP contribution in [0.5, 0.6) is 0 Å². The Morgan fingerprint density at radius 3 is 2.38 bits per heavy atom. The van der Waals surface area contributed by atoms with E-state index in [4.69, 9.17) is 0 Å². The van der Waals surface area contributed by atoms with Crippen molar-refractivity contribution >= 4 is 5.78 Å². The van der Waals surface area contributed by atoms with Crippen LogP contribution in [0, 0.1) is 11.8 Å². The maximum atomic E-state index is 11.7. The molecule has 1 aliphatic rings. The Labute approximate surface area is 75.3 Å². The standard InChI is InChI=1S/C9H13F3O/c1-6-5-7(6)8(13)3-2-4-9(10,11)12/h6-7H,2-5H2,1H3. The fourth-order valence-corrected chi connectivity index (χ4v) is 1.42. The third kappa shape index (κ3) is 3.79. The summed E-state index contributed by atoms with van der Waals surface area (Å²) in [5.74, 6) is 0.475. The Balaban J connectivity index is 2.10. The number of ketones is 1. The smallest absolute Gasteiger partial charge is 0.299 e. The van der Waals surface area contributed by atoms with Crippen molar-refractivity contribution in [3.8, 4) is 0 Å². The first-order valence-electron chi connectivity index (χ1n) is 4.49. The lowest BCUT2D eigenvalue weighted by molar-refractivity contribution is -0.137. The van der Waals surface area contributed by atoms with Crippen molar-refractivity contribution in [2.24, 2.45) is 11.8 Å². The second-order valence-corrected chi connectivity index (χ2v) is 3.75. The van der Waals surface area contributed by atoms with Crippen LogP contribution in [0.4, 0.5) is 13.2 Å². The second kappa shape index (κ2) is 3.68. The van der Waals surface area contributed by atoms with Gasteiger partial charge in [-0.25, -0.2) is 0 Å². The van der Waals surface area contributed by atoms with Crippen LogP contribution in [0.1, 0.15) is 32.6 Å². The molecular formula is C9H13F3O. The van der Waals surface area contributed by atoms with Gasteiger partial charge in [-0.3, -0.25) is 4.79 Å². The minimum absolute atomic E-state index is 0.0109. The van der Waals surface area contributed by atoms with E-state index in [1.54, 1.807) is 0 Å². The number of hydrogen-bond acceptors (Lipinski definition) is 1. The van der Waals surface area contributed by atoms with E-state index < -0.39 is 12.6 Å². The minimum Gasteiger partial charge on any atom is -0.299 e. The van der Waals surface area contributed by atoms with E-state index in [-0.39, 0.29) is 24.5 Å². The van der Waals surface area contributed by atoms with E-state index in [9.17, 15) is 18.0 Å². The molecule has 4 heteroatoms. The Morgan fingerprint density at radius 1 is 1.46 bits per heavy atom. The zero-order valence-corrected chi connectivity index (χ0v) is 7.53. The number of rotatable bonds is 4. The highest BCUT2D eigenvalue weighted by Crippen LogP contribution is 2.39. The Morgan fingerprint density at radius 2 is 2.00 bits per heavy atom. The Hall–Kier alpha value is -0.540. The quantitative estimate of drug-likeness (QED) is 0.672. The van der Waals surface area contributed by atoms with E-state index in [1.807, 2.05) is 6.92 Å². The van der Waals surface area contributed by atoms with Crippen LogP contribution in [0.2, 0.25) is 0 Å². The number of carbonyl (C=O) groups is 1. The molecule has 2 unspecified atom stereocenters. The van der Waals surface area contributed by atoms with Crippen molar-refractivity contribution in [3.05, 3.63) is 0 Å². The Bertz CT molecular complexity index is 198. The highest BCUT2D eigenvalue weighted by Gasteiger charge is 2.38. The maximum Gasteiger partial charge on any atom is 0.389 e. The van der Waals surface area contributed by atoms with Crippen LogP contribution in [0.3, 0.4) is 0 Å². The highest BCUT2D eigenvalue weighted by molar-refractivity contribution is 5.83. The molecule has 2 atom stereocenters. The van der Waals surface area contributed by atoms with E-state index in [1.165, 1.54) is 0 Å². The summed E-state index contributed by atoms with van der Waals surface area (Å²) in [6.45, 7) is 1.95. The molecule has 1 rings (SSSR count). The molecule has 0 bridgehead atoms. The number of alkyl halides is 3. The van der Waals surface area contributed by atoms with Gasteiger partial charge in [0, 0.05) is 18.8 Å². The van der Waals surface area contributed by atoms with Crippen molar-refractivity contribution in [2.45, 2.75) is 38.8 Å². The third-order valence-corrected chi connectivity index (χ3v) is 2.41. The Kier molecular flexibility index (Phi) is 2.98. The molecular weight excluding hydrogens is 181 g/mol. The lowest BCUT2D eigenvalue weighted by Crippen LogP contribution is -2.09. The van der Waals surface area contributed by atoms with Gasteiger partial charge in [-0.05, 0) is 18.8 Å². The molecule has 0 saturated heterocycles. The van der Waals surface area contributed by atoms with Crippen LogP contribution in [0.15, 0.2) is 0 Å². The van der Waals surface area contributed by atoms with E-state index in [0.29, 0.717) is 5.92 Å². The summed E-state index contributed by atoms with van der Waals surface area (Å²) in [7, 11) is 0. The number of carbonyl (C=O) groups excluding carboxylic acids is 1. The number of halogens is 3. The van der Waals surface area contributed by atoms with Gasteiger partial charge in [0.2, 0.25) is 0 Å². The zero-order valence-electron chi connectivity index (χ0n) is 7.53. The summed E-state index contributed by atoms with van der Waals surface area (Å²) in [4.78, 5) is 11.1. The molecule has 0 aliphatic heterocycles. The van der Waals surface area contributed by atoms with Gasteiger partial charge in [-0.2, -0.15) is 13.2 Å². The molecule has 1 nitrogen and oxygen atoms in total. The highest BCUT2D eigenvalue weighted by atomic mass is 19.4. The van der Waals surface area contributed by atoms with Crippen LogP contribution < -0.4 is 0 Å². The number of Topliss-reactive ketones (excluding diaryl/α,β-unsaturated/α-hetero) is 1. The molecule has 0 heterocycles. The first kappa shape index (κ1) is 10.5. The molecule has 0 aromatic carbocycles. The molecule has 0 radical (unpaired) electrons. The monoisotopic (exact) mass is 194 g/mol. The normalized spacial score (nSPS) is 27.4. The van der Waals surface area contributed by atoms with Crippen molar-refractivity contribution < 1.29 is 18.0 Å². The van der Waals surface area contributed by atoms with Gasteiger partial charge in [0.15, 0.2) is 0 Å². The largest absolute Gasteiger partial charge is 0.389 e. The topological polar surface area (TPSA) is 17.1 Å². The van der Waals surface area contributed by atoms with Crippen LogP contribution in [-0.4, -0.2) is 12.0 Å². The van der Waals surface area contributed by atoms with Gasteiger partial charge in [-0.1, -0.05) is 6.92 Å². The van der Waals surface area contributed by atoms with Crippen LogP contribution in [-0.2, 0) is 4.79 Å². The lowest BCUT2D eigenvalue weighted by Gasteiger charge is -2.04. The molecule has 0 aromatic heterocycles. The van der Waals surface area contributed by atoms with Crippen molar-refractivity contribution in [1.29, 1.82) is 0 Å². The molecule has 76 valence electrons. The van der Waals surface area contributed by atoms with Gasteiger partial charge < -0.3 is 0 Å². The molecule has 0 spiro atoms. The fraction of sp³-hybridized carbons (Fsp3) is 0.889. The first-order chi connectivity index (χ1) is 5.90. The second-order valence-electron chi connectivity index (χ2n) is 3.75. The summed E-state index contributed by atoms with van der Waals surface area (Å²) in [5.41, 5.74) is 0. The van der Waals surface area contributed by atoms with Gasteiger partial charge in [-0.15, -0.1) is 0 Å². The van der Waals surface area contributed by atoms with Crippen molar-refractivity contribution in [2.75, 3.05) is 0 Å². The lowest BCUT2D eigenvalue weighted by atomic mass is 10.1. The number of hydrogen-bond donors (Lipinski definition) is 0. The molecule has 1 aliphatic carbocycles. The van der Waals surface area contributed by atoms with Gasteiger partial charge >= 0.3 is 6.18 Å². The van der Waals surface area contributed by atoms with Gasteiger partial charge in [0.05, 0.1) is 0 Å². The summed E-state index contributed by atoms with van der Waals surface area (Å²) in [5, 5.41) is 0. The maximum absolute atomic E-state index is 11.7. The van der Waals surface area contributed by atoms with Crippen LogP contribution >= 0.6 is 0 Å². The molecule has 1 fully saturated rings. The molecule has 0 amide bonds. The van der Waals surface area contributed by atoms with Crippen LogP contribution in [0.25, 0.3) is 0 Å². The summed E-state index contributed by atoms with van der Waals surface area (Å²) in [6.07, 6.45) is -4.04. The fourth-order valence-electron chi connectivity index (χ4n) is 1.42. The van der Waals surface area contributed by atoms with Crippen molar-refractivity contribution in [3.63, 3.8) is 0 Å². The van der Waals surface area contributed by atoms with Gasteiger partial charge in [0.1, 0.15) is 5.78 Å². The van der Waals surface area contributed by atoms with E-state index >= 15 is 0 Å². The summed E-state index contributed by atoms with van der Waals surface area (Å²) >= 11 is 0. The predicted octanol–water partition coefficient (Wildman–Crippen LogP) is 2.94. The predicted molar refractivity (Wildman–Crippen MR) is 42.2 cm³/mol. The van der Waals surface area contributed by atoms with E-state index in [0.717, 1.165) is 6.42 Å². The van der Waals surface area contributed by atoms with Gasteiger partial charge in [0.25, 0.3) is 0 Å². The van der Waals surface area contributed by atoms with E-state index in [2.05, 4.69) is 0 Å². The summed E-state index contributed by atoms with van der Waals surface area (Å²) in [6, 6.07) is 0. The first-order valence-corrected chi connectivity index (χ1v) is 4.49. The molecule has 1 saturated carbocycles. The SMILES string of the molecule is CC1CC1C(=O)CCCC(F)(F)F. The zero-order chi connectivity index (χ0) is 10.1. The molecule has 0 aromatic rings. The third-order valence-electron chi connectivity index (χ3n) is 2.41. The summed E-state index contributed by atoms with van der Waals surface area (Å²) < 4.78 is 35.1. The minimum atomic E-state index is -4.12. The average Bonchev–Trinajstić information content (AvgIpc) is 2.63. The average molecular weight is 194 g/mol. The molecule has 13 heavy (non-hydrogen) atoms. The van der Waals surface area contributed by atoms with Crippen molar-refractivity contribution in [1.82, 2.24) is 0 Å². The molecule has 0 N–H and O–H groups in total.